The summed E-state index contributed by atoms with van der Waals surface area (Å²) in [6.45, 7) is 2.37. The lowest BCUT2D eigenvalue weighted by Crippen LogP contribution is -2.04. The van der Waals surface area contributed by atoms with Crippen molar-refractivity contribution in [2.75, 3.05) is 6.61 Å². The number of rotatable bonds is 21. The Morgan fingerprint density at radius 3 is 1.08 bits per heavy atom. The molecule has 5 heteroatoms. The van der Waals surface area contributed by atoms with Crippen molar-refractivity contribution in [3.8, 4) is 0 Å². The first-order valence-electron chi connectivity index (χ1n) is 11.2. The van der Waals surface area contributed by atoms with E-state index in [0.717, 1.165) is 12.8 Å². The van der Waals surface area contributed by atoms with Crippen LogP contribution in [0.15, 0.2) is 0 Å². The molecule has 0 aliphatic rings. The lowest BCUT2D eigenvalue weighted by molar-refractivity contribution is 0.261. The summed E-state index contributed by atoms with van der Waals surface area (Å²) in [7, 11) is -4.25. The van der Waals surface area contributed by atoms with Gasteiger partial charge in [0, 0.05) is 0 Å². The fourth-order valence-corrected chi connectivity index (χ4v) is 3.67. The van der Waals surface area contributed by atoms with E-state index in [4.69, 9.17) is 4.55 Å². The van der Waals surface area contributed by atoms with Crippen LogP contribution in [0.1, 0.15) is 129 Å². The molecule has 1 N–H and O–H groups in total. The van der Waals surface area contributed by atoms with Crippen LogP contribution in [0.5, 0.6) is 0 Å². The Balaban J connectivity index is 3.03. The van der Waals surface area contributed by atoms with E-state index >= 15 is 0 Å². The summed E-state index contributed by atoms with van der Waals surface area (Å²) in [5, 5.41) is 0. The van der Waals surface area contributed by atoms with Gasteiger partial charge in [0.1, 0.15) is 0 Å². The van der Waals surface area contributed by atoms with Crippen LogP contribution in [0.25, 0.3) is 0 Å². The van der Waals surface area contributed by atoms with Crippen LogP contribution in [0.2, 0.25) is 0 Å². The van der Waals surface area contributed by atoms with Crippen LogP contribution < -0.4 is 0 Å². The van der Waals surface area contributed by atoms with E-state index in [1.54, 1.807) is 0 Å². The van der Waals surface area contributed by atoms with Crippen LogP contribution >= 0.6 is 0 Å². The number of hydrogen-bond donors (Lipinski definition) is 1. The zero-order chi connectivity index (χ0) is 19.3. The zero-order valence-electron chi connectivity index (χ0n) is 17.2. The van der Waals surface area contributed by atoms with Crippen LogP contribution in [0.4, 0.5) is 0 Å². The minimum atomic E-state index is -4.25. The van der Waals surface area contributed by atoms with Gasteiger partial charge in [-0.05, 0) is 6.42 Å². The average molecular weight is 393 g/mol. The Labute approximate surface area is 163 Å². The fourth-order valence-electron chi connectivity index (χ4n) is 3.34. The molecule has 0 unspecified atom stereocenters. The van der Waals surface area contributed by atoms with Gasteiger partial charge in [0.05, 0.1) is 6.61 Å². The Morgan fingerprint density at radius 2 is 0.808 bits per heavy atom. The maximum Gasteiger partial charge on any atom is 0.397 e. The van der Waals surface area contributed by atoms with Gasteiger partial charge in [0.25, 0.3) is 0 Å². The predicted molar refractivity (Wildman–Crippen MR) is 111 cm³/mol. The van der Waals surface area contributed by atoms with Gasteiger partial charge in [-0.15, -0.1) is 0 Å². The lowest BCUT2D eigenvalue weighted by Gasteiger charge is -2.04. The van der Waals surface area contributed by atoms with E-state index in [9.17, 15) is 8.42 Å². The maximum atomic E-state index is 10.4. The molecule has 0 bridgehead atoms. The normalized spacial score (nSPS) is 11.9. The number of unbranched alkanes of at least 4 members (excludes halogenated alkanes) is 18. The van der Waals surface area contributed by atoms with Gasteiger partial charge in [0.15, 0.2) is 0 Å². The molecule has 0 aromatic carbocycles. The second-order valence-electron chi connectivity index (χ2n) is 7.61. The number of hydrogen-bond acceptors (Lipinski definition) is 3. The van der Waals surface area contributed by atoms with Crippen LogP contribution in [-0.4, -0.2) is 19.6 Å². The predicted octanol–water partition coefficient (Wildman–Crippen LogP) is 7.24. The Morgan fingerprint density at radius 1 is 0.538 bits per heavy atom. The zero-order valence-corrected chi connectivity index (χ0v) is 18.0. The van der Waals surface area contributed by atoms with Gasteiger partial charge >= 0.3 is 10.4 Å². The van der Waals surface area contributed by atoms with E-state index in [1.807, 2.05) is 0 Å². The third kappa shape index (κ3) is 23.9. The van der Waals surface area contributed by atoms with Crippen LogP contribution in [0, 0.1) is 0 Å². The van der Waals surface area contributed by atoms with E-state index in [2.05, 4.69) is 11.1 Å². The first kappa shape index (κ1) is 25.9. The van der Waals surface area contributed by atoms with Crippen molar-refractivity contribution in [3.05, 3.63) is 0 Å². The minimum absolute atomic E-state index is 0.0949. The Hall–Kier alpha value is -0.130. The van der Waals surface area contributed by atoms with E-state index in [1.165, 1.54) is 103 Å². The highest BCUT2D eigenvalue weighted by Crippen LogP contribution is 2.14. The van der Waals surface area contributed by atoms with Crippen molar-refractivity contribution in [2.45, 2.75) is 129 Å². The molecule has 0 heterocycles. The van der Waals surface area contributed by atoms with E-state index in [-0.39, 0.29) is 6.61 Å². The Bertz CT molecular complexity index is 368. The molecule has 0 spiro atoms. The molecule has 0 aromatic heterocycles. The third-order valence-corrected chi connectivity index (χ3v) is 5.44. The SMILES string of the molecule is CCCCCCCCCCCCCCCCCCCCCOS(=O)(=O)O. The smallest absolute Gasteiger partial charge is 0.264 e. The van der Waals surface area contributed by atoms with Gasteiger partial charge < -0.3 is 0 Å². The summed E-state index contributed by atoms with van der Waals surface area (Å²) < 4.78 is 33.4. The molecule has 4 nitrogen and oxygen atoms in total. The summed E-state index contributed by atoms with van der Waals surface area (Å²) in [4.78, 5) is 0. The summed E-state index contributed by atoms with van der Waals surface area (Å²) in [5.41, 5.74) is 0. The van der Waals surface area contributed by atoms with Crippen molar-refractivity contribution in [1.29, 1.82) is 0 Å². The second kappa shape index (κ2) is 19.6. The Kier molecular flexibility index (Phi) is 19.5. The summed E-state index contributed by atoms with van der Waals surface area (Å²) in [6, 6.07) is 0. The van der Waals surface area contributed by atoms with Gasteiger partial charge in [-0.25, -0.2) is 4.18 Å². The van der Waals surface area contributed by atoms with Gasteiger partial charge in [-0.3, -0.25) is 4.55 Å². The van der Waals surface area contributed by atoms with Gasteiger partial charge in [-0.1, -0.05) is 122 Å². The standard InChI is InChI=1S/C21H44O4S/c1-2-3-4-5-6-7-8-9-10-11-12-13-14-15-16-17-18-19-20-21-25-26(22,23)24/h2-21H2,1H3,(H,22,23,24). The molecule has 0 saturated heterocycles. The largest absolute Gasteiger partial charge is 0.397 e. The fraction of sp³-hybridized carbons (Fsp3) is 1.00. The monoisotopic (exact) mass is 392 g/mol. The van der Waals surface area contributed by atoms with Crippen molar-refractivity contribution in [1.82, 2.24) is 0 Å². The summed E-state index contributed by atoms with van der Waals surface area (Å²) in [5.74, 6) is 0. The molecule has 0 radical (unpaired) electrons. The quantitative estimate of drug-likeness (QED) is 0.165. The minimum Gasteiger partial charge on any atom is -0.264 e. The topological polar surface area (TPSA) is 63.6 Å². The molecule has 0 rings (SSSR count). The summed E-state index contributed by atoms with van der Waals surface area (Å²) >= 11 is 0. The first-order valence-corrected chi connectivity index (χ1v) is 12.5. The average Bonchev–Trinajstić information content (AvgIpc) is 2.59. The molecular formula is C21H44O4S. The van der Waals surface area contributed by atoms with Crippen LogP contribution in [0.3, 0.4) is 0 Å². The molecule has 0 amide bonds. The van der Waals surface area contributed by atoms with Gasteiger partial charge in [0.2, 0.25) is 0 Å². The molecule has 0 saturated carbocycles. The molecule has 0 aromatic rings. The third-order valence-electron chi connectivity index (χ3n) is 4.98. The van der Waals surface area contributed by atoms with E-state index in [0.29, 0.717) is 6.42 Å². The van der Waals surface area contributed by atoms with Crippen molar-refractivity contribution < 1.29 is 17.2 Å². The highest BCUT2D eigenvalue weighted by Gasteiger charge is 2.02. The van der Waals surface area contributed by atoms with Crippen molar-refractivity contribution >= 4 is 10.4 Å². The maximum absolute atomic E-state index is 10.4. The summed E-state index contributed by atoms with van der Waals surface area (Å²) in [6.07, 6.45) is 24.9. The van der Waals surface area contributed by atoms with Crippen LogP contribution in [-0.2, 0) is 14.6 Å². The molecule has 0 aliphatic carbocycles. The van der Waals surface area contributed by atoms with Crippen molar-refractivity contribution in [2.24, 2.45) is 0 Å². The molecule has 158 valence electrons. The highest BCUT2D eigenvalue weighted by atomic mass is 32.3. The highest BCUT2D eigenvalue weighted by molar-refractivity contribution is 7.80. The molecular weight excluding hydrogens is 348 g/mol. The second-order valence-corrected chi connectivity index (χ2v) is 8.70. The molecule has 0 fully saturated rings. The molecule has 26 heavy (non-hydrogen) atoms. The molecule has 0 aliphatic heterocycles. The van der Waals surface area contributed by atoms with Gasteiger partial charge in [-0.2, -0.15) is 8.42 Å². The first-order chi connectivity index (χ1) is 12.6. The molecule has 0 atom stereocenters. The van der Waals surface area contributed by atoms with Crippen molar-refractivity contribution in [3.63, 3.8) is 0 Å². The lowest BCUT2D eigenvalue weighted by atomic mass is 10.0. The van der Waals surface area contributed by atoms with E-state index < -0.39 is 10.4 Å².